The monoisotopic (exact) mass is 271 g/mol. The molecule has 1 aromatic carbocycles. The van der Waals surface area contributed by atoms with Crippen molar-refractivity contribution in [2.24, 2.45) is 0 Å². The van der Waals surface area contributed by atoms with Gasteiger partial charge in [-0.15, -0.1) is 0 Å². The molecule has 1 atom stereocenters. The van der Waals surface area contributed by atoms with Crippen molar-refractivity contribution in [2.45, 2.75) is 12.6 Å². The van der Waals surface area contributed by atoms with E-state index in [0.717, 1.165) is 18.7 Å². The highest BCUT2D eigenvalue weighted by molar-refractivity contribution is 6.32. The first-order valence-corrected chi connectivity index (χ1v) is 6.37. The molecule has 0 aromatic heterocycles. The van der Waals surface area contributed by atoms with Gasteiger partial charge in [-0.3, -0.25) is 4.90 Å². The molecule has 1 aromatic rings. The Hall–Kier alpha value is -0.810. The summed E-state index contributed by atoms with van der Waals surface area (Å²) in [6.07, 6.45) is 0. The van der Waals surface area contributed by atoms with Crippen LogP contribution >= 0.6 is 11.6 Å². The normalized spacial score (nSPS) is 20.9. The van der Waals surface area contributed by atoms with Crippen molar-refractivity contribution in [3.8, 4) is 5.75 Å². The maximum absolute atomic E-state index is 9.31. The fraction of sp³-hybridized carbons (Fsp3) is 0.538. The number of morpholine rings is 1. The first-order valence-electron chi connectivity index (χ1n) is 5.99. The summed E-state index contributed by atoms with van der Waals surface area (Å²) >= 11 is 6.10. The summed E-state index contributed by atoms with van der Waals surface area (Å²) in [5.74, 6) is 0.682. The van der Waals surface area contributed by atoms with Gasteiger partial charge in [-0.05, 0) is 17.7 Å². The van der Waals surface area contributed by atoms with Gasteiger partial charge in [-0.25, -0.2) is 0 Å². The summed E-state index contributed by atoms with van der Waals surface area (Å²) in [6.45, 7) is 3.00. The molecule has 0 unspecified atom stereocenters. The van der Waals surface area contributed by atoms with Crippen molar-refractivity contribution in [1.29, 1.82) is 0 Å². The van der Waals surface area contributed by atoms with Crippen LogP contribution in [0, 0.1) is 0 Å². The predicted octanol–water partition coefficient (Wildman–Crippen LogP) is 1.54. The van der Waals surface area contributed by atoms with Gasteiger partial charge in [0, 0.05) is 13.1 Å². The van der Waals surface area contributed by atoms with Crippen LogP contribution in [0.4, 0.5) is 0 Å². The molecule has 2 rings (SSSR count). The molecule has 18 heavy (non-hydrogen) atoms. The maximum Gasteiger partial charge on any atom is 0.137 e. The Balaban J connectivity index is 2.05. The van der Waals surface area contributed by atoms with E-state index in [9.17, 15) is 5.11 Å². The van der Waals surface area contributed by atoms with Crippen LogP contribution in [-0.2, 0) is 11.3 Å². The van der Waals surface area contributed by atoms with Crippen molar-refractivity contribution < 1.29 is 14.6 Å². The van der Waals surface area contributed by atoms with Crippen LogP contribution in [0.5, 0.6) is 5.75 Å². The fourth-order valence-electron chi connectivity index (χ4n) is 2.11. The fourth-order valence-corrected chi connectivity index (χ4v) is 2.39. The third-order valence-electron chi connectivity index (χ3n) is 3.16. The highest BCUT2D eigenvalue weighted by atomic mass is 35.5. The Morgan fingerprint density at radius 3 is 3.06 bits per heavy atom. The summed E-state index contributed by atoms with van der Waals surface area (Å²) in [5, 5.41) is 9.92. The molecular formula is C13H18ClNO3. The van der Waals surface area contributed by atoms with Gasteiger partial charge in [0.05, 0.1) is 38.0 Å². The van der Waals surface area contributed by atoms with Crippen LogP contribution in [-0.4, -0.2) is 49.5 Å². The molecule has 0 amide bonds. The van der Waals surface area contributed by atoms with Gasteiger partial charge in [-0.1, -0.05) is 17.7 Å². The minimum absolute atomic E-state index is 0.0691. The number of hydrogen-bond donors (Lipinski definition) is 1. The SMILES string of the molecule is COc1ccc(CN2CCOC[C@@H]2CO)cc1Cl. The number of methoxy groups -OCH3 is 1. The summed E-state index contributed by atoms with van der Waals surface area (Å²) < 4.78 is 10.5. The molecule has 0 bridgehead atoms. The van der Waals surface area contributed by atoms with E-state index < -0.39 is 0 Å². The van der Waals surface area contributed by atoms with Crippen LogP contribution in [0.3, 0.4) is 0 Å². The van der Waals surface area contributed by atoms with Crippen LogP contribution in [0.1, 0.15) is 5.56 Å². The van der Waals surface area contributed by atoms with Gasteiger partial charge < -0.3 is 14.6 Å². The van der Waals surface area contributed by atoms with Gasteiger partial charge in [0.15, 0.2) is 0 Å². The van der Waals surface area contributed by atoms with Gasteiger partial charge in [-0.2, -0.15) is 0 Å². The molecule has 5 heteroatoms. The van der Waals surface area contributed by atoms with Gasteiger partial charge in [0.2, 0.25) is 0 Å². The minimum atomic E-state index is 0.0691. The zero-order valence-electron chi connectivity index (χ0n) is 10.4. The average Bonchev–Trinajstić information content (AvgIpc) is 2.39. The number of hydrogen-bond acceptors (Lipinski definition) is 4. The molecule has 1 saturated heterocycles. The average molecular weight is 272 g/mol. The van der Waals surface area contributed by atoms with Crippen molar-refractivity contribution in [2.75, 3.05) is 33.5 Å². The number of rotatable bonds is 4. The van der Waals surface area contributed by atoms with Crippen molar-refractivity contribution in [1.82, 2.24) is 4.90 Å². The molecule has 1 heterocycles. The quantitative estimate of drug-likeness (QED) is 0.902. The first kappa shape index (κ1) is 13.6. The van der Waals surface area contributed by atoms with Crippen molar-refractivity contribution >= 4 is 11.6 Å². The second kappa shape index (κ2) is 6.38. The number of aliphatic hydroxyl groups excluding tert-OH is 1. The molecule has 1 aliphatic rings. The number of aliphatic hydroxyl groups is 1. The molecule has 1 aliphatic heterocycles. The van der Waals surface area contributed by atoms with E-state index in [0.29, 0.717) is 24.0 Å². The Kier molecular flexibility index (Phi) is 4.83. The lowest BCUT2D eigenvalue weighted by atomic mass is 10.1. The lowest BCUT2D eigenvalue weighted by molar-refractivity contribution is -0.0312. The summed E-state index contributed by atoms with van der Waals surface area (Å²) in [4.78, 5) is 2.21. The van der Waals surface area contributed by atoms with E-state index in [1.165, 1.54) is 0 Å². The highest BCUT2D eigenvalue weighted by Gasteiger charge is 2.22. The Labute approximate surface area is 112 Å². The molecule has 0 radical (unpaired) electrons. The van der Waals surface area contributed by atoms with Crippen molar-refractivity contribution in [3.05, 3.63) is 28.8 Å². The summed E-state index contributed by atoms with van der Waals surface area (Å²) in [5.41, 5.74) is 1.11. The highest BCUT2D eigenvalue weighted by Crippen LogP contribution is 2.26. The first-order chi connectivity index (χ1) is 8.74. The van der Waals surface area contributed by atoms with Gasteiger partial charge in [0.25, 0.3) is 0 Å². The van der Waals surface area contributed by atoms with Gasteiger partial charge in [0.1, 0.15) is 5.75 Å². The zero-order valence-corrected chi connectivity index (χ0v) is 11.2. The number of ether oxygens (including phenoxy) is 2. The number of halogens is 1. The second-order valence-electron chi connectivity index (χ2n) is 4.35. The van der Waals surface area contributed by atoms with Crippen LogP contribution in [0.15, 0.2) is 18.2 Å². The lowest BCUT2D eigenvalue weighted by Crippen LogP contribution is -2.46. The Morgan fingerprint density at radius 1 is 1.56 bits per heavy atom. The molecule has 4 nitrogen and oxygen atoms in total. The molecule has 0 spiro atoms. The Bertz CT molecular complexity index is 400. The molecule has 1 fully saturated rings. The van der Waals surface area contributed by atoms with Crippen LogP contribution in [0.2, 0.25) is 5.02 Å². The third kappa shape index (κ3) is 3.14. The lowest BCUT2D eigenvalue weighted by Gasteiger charge is -2.34. The van der Waals surface area contributed by atoms with E-state index >= 15 is 0 Å². The molecule has 0 aliphatic carbocycles. The van der Waals surface area contributed by atoms with E-state index in [2.05, 4.69) is 4.90 Å². The summed E-state index contributed by atoms with van der Waals surface area (Å²) in [7, 11) is 1.60. The third-order valence-corrected chi connectivity index (χ3v) is 3.46. The van der Waals surface area contributed by atoms with Crippen LogP contribution < -0.4 is 4.74 Å². The number of nitrogens with zero attached hydrogens (tertiary/aromatic N) is 1. The van der Waals surface area contributed by atoms with E-state index in [1.807, 2.05) is 18.2 Å². The van der Waals surface area contributed by atoms with Crippen LogP contribution in [0.25, 0.3) is 0 Å². The van der Waals surface area contributed by atoms with E-state index in [1.54, 1.807) is 7.11 Å². The zero-order chi connectivity index (χ0) is 13.0. The van der Waals surface area contributed by atoms with E-state index in [4.69, 9.17) is 21.1 Å². The second-order valence-corrected chi connectivity index (χ2v) is 4.76. The standard InChI is InChI=1S/C13H18ClNO3/c1-17-13-3-2-10(6-12(13)14)7-15-4-5-18-9-11(15)8-16/h2-3,6,11,16H,4-5,7-9H2,1H3/t11-/m0/s1. The molecule has 0 saturated carbocycles. The molecule has 1 N–H and O–H groups in total. The van der Waals surface area contributed by atoms with E-state index in [-0.39, 0.29) is 12.6 Å². The van der Waals surface area contributed by atoms with Gasteiger partial charge >= 0.3 is 0 Å². The number of benzene rings is 1. The minimum Gasteiger partial charge on any atom is -0.495 e. The molecule has 100 valence electrons. The predicted molar refractivity (Wildman–Crippen MR) is 70.1 cm³/mol. The largest absolute Gasteiger partial charge is 0.495 e. The maximum atomic E-state index is 9.31. The smallest absolute Gasteiger partial charge is 0.137 e. The molecular weight excluding hydrogens is 254 g/mol. The topological polar surface area (TPSA) is 41.9 Å². The summed E-state index contributed by atoms with van der Waals surface area (Å²) in [6, 6.07) is 5.84. The Morgan fingerprint density at radius 2 is 2.39 bits per heavy atom. The van der Waals surface area contributed by atoms with Crippen molar-refractivity contribution in [3.63, 3.8) is 0 Å².